The van der Waals surface area contributed by atoms with E-state index in [1.54, 1.807) is 0 Å². The lowest BCUT2D eigenvalue weighted by Gasteiger charge is -2.24. The van der Waals surface area contributed by atoms with Crippen LogP contribution in [-0.2, 0) is 4.79 Å². The van der Waals surface area contributed by atoms with Crippen molar-refractivity contribution in [2.75, 3.05) is 0 Å². The van der Waals surface area contributed by atoms with Crippen LogP contribution in [0.3, 0.4) is 0 Å². The monoisotopic (exact) mass is 370 g/mol. The summed E-state index contributed by atoms with van der Waals surface area (Å²) >= 11 is 0. The van der Waals surface area contributed by atoms with Crippen LogP contribution < -0.4 is 4.74 Å². The third-order valence-electron chi connectivity index (χ3n) is 6.10. The fraction of sp³-hybridized carbons (Fsp3) is 0.640. The van der Waals surface area contributed by atoms with Gasteiger partial charge in [0.05, 0.1) is 0 Å². The Hall–Kier alpha value is -1.57. The van der Waals surface area contributed by atoms with Crippen LogP contribution in [0.2, 0.25) is 0 Å². The van der Waals surface area contributed by atoms with Crippen LogP contribution in [0, 0.1) is 11.8 Å². The molecule has 0 bridgehead atoms. The molecule has 0 heterocycles. The Bertz CT molecular complexity index is 581. The number of benzene rings is 1. The lowest BCUT2D eigenvalue weighted by atomic mass is 9.82. The number of hydrogen-bond acceptors (Lipinski definition) is 2. The molecule has 0 N–H and O–H groups in total. The average Bonchev–Trinajstić information content (AvgIpc) is 2.70. The average molecular weight is 371 g/mol. The second kappa shape index (κ2) is 12.0. The molecule has 0 spiro atoms. The molecule has 1 unspecified atom stereocenters. The molecule has 2 heteroatoms. The van der Waals surface area contributed by atoms with Gasteiger partial charge in [-0.15, -0.1) is 0 Å². The number of rotatable bonds is 11. The molecule has 0 radical (unpaired) electrons. The number of carbonyl (C=O) groups is 1. The first-order valence-corrected chi connectivity index (χ1v) is 11.2. The fourth-order valence-electron chi connectivity index (χ4n) is 4.02. The van der Waals surface area contributed by atoms with Crippen molar-refractivity contribution in [2.24, 2.45) is 11.8 Å². The van der Waals surface area contributed by atoms with Crippen LogP contribution in [0.15, 0.2) is 30.3 Å². The highest BCUT2D eigenvalue weighted by Crippen LogP contribution is 2.34. The third kappa shape index (κ3) is 7.52. The van der Waals surface area contributed by atoms with Crippen LogP contribution in [0.5, 0.6) is 5.75 Å². The highest BCUT2D eigenvalue weighted by molar-refractivity contribution is 5.73. The Morgan fingerprint density at radius 1 is 1.11 bits per heavy atom. The van der Waals surface area contributed by atoms with Crippen molar-refractivity contribution in [3.05, 3.63) is 35.9 Å². The second-order valence-electron chi connectivity index (χ2n) is 8.09. The zero-order valence-corrected chi connectivity index (χ0v) is 17.6. The minimum absolute atomic E-state index is 0.117. The largest absolute Gasteiger partial charge is 0.427 e. The molecule has 1 aliphatic rings. The third-order valence-corrected chi connectivity index (χ3v) is 6.10. The van der Waals surface area contributed by atoms with Gasteiger partial charge in [0, 0.05) is 6.42 Å². The Balaban J connectivity index is 1.80. The molecule has 0 aliphatic heterocycles. The normalized spacial score (nSPS) is 17.0. The van der Waals surface area contributed by atoms with Crippen molar-refractivity contribution in [1.82, 2.24) is 0 Å². The van der Waals surface area contributed by atoms with Gasteiger partial charge in [0.2, 0.25) is 0 Å². The van der Waals surface area contributed by atoms with Gasteiger partial charge >= 0.3 is 5.97 Å². The van der Waals surface area contributed by atoms with Gasteiger partial charge in [0.25, 0.3) is 0 Å². The lowest BCUT2D eigenvalue weighted by molar-refractivity contribution is -0.134. The van der Waals surface area contributed by atoms with E-state index in [9.17, 15) is 4.79 Å². The topological polar surface area (TPSA) is 26.3 Å². The van der Waals surface area contributed by atoms with Crippen LogP contribution >= 0.6 is 0 Å². The summed E-state index contributed by atoms with van der Waals surface area (Å²) in [5.41, 5.74) is 2.73. The number of hydrogen-bond donors (Lipinski definition) is 0. The predicted molar refractivity (Wildman–Crippen MR) is 115 cm³/mol. The van der Waals surface area contributed by atoms with E-state index in [1.807, 2.05) is 12.1 Å². The van der Waals surface area contributed by atoms with Crippen LogP contribution in [0.25, 0.3) is 5.57 Å². The van der Waals surface area contributed by atoms with Crippen molar-refractivity contribution in [3.8, 4) is 5.75 Å². The van der Waals surface area contributed by atoms with E-state index in [2.05, 4.69) is 39.0 Å². The lowest BCUT2D eigenvalue weighted by Crippen LogP contribution is -2.09. The first-order valence-electron chi connectivity index (χ1n) is 11.2. The maximum absolute atomic E-state index is 11.8. The van der Waals surface area contributed by atoms with E-state index >= 15 is 0 Å². The molecule has 2 rings (SSSR count). The van der Waals surface area contributed by atoms with Crippen LogP contribution in [0.4, 0.5) is 0 Å². The van der Waals surface area contributed by atoms with Gasteiger partial charge in [0.15, 0.2) is 0 Å². The molecule has 1 aliphatic carbocycles. The first-order chi connectivity index (χ1) is 13.2. The molecule has 1 atom stereocenters. The van der Waals surface area contributed by atoms with Gasteiger partial charge in [-0.3, -0.25) is 4.79 Å². The fourth-order valence-corrected chi connectivity index (χ4v) is 4.02. The van der Waals surface area contributed by atoms with E-state index in [0.29, 0.717) is 12.2 Å². The number of allylic oxidation sites excluding steroid dienone is 2. The highest BCUT2D eigenvalue weighted by Gasteiger charge is 2.17. The summed E-state index contributed by atoms with van der Waals surface area (Å²) in [4.78, 5) is 11.8. The Labute approximate surface area is 166 Å². The molecule has 1 aromatic rings. The molecule has 0 saturated heterocycles. The van der Waals surface area contributed by atoms with Gasteiger partial charge in [-0.05, 0) is 67.2 Å². The standard InChI is InChI=1S/C25H38O2/c1-4-7-8-9-25(26)27-24-18-16-23(17-19-24)22-14-12-21(13-15-22)11-10-20(5-2)6-3/h14,16-21H,4-13,15H2,1-3H3. The summed E-state index contributed by atoms with van der Waals surface area (Å²) in [6.07, 6.45) is 15.2. The maximum Gasteiger partial charge on any atom is 0.311 e. The second-order valence-corrected chi connectivity index (χ2v) is 8.09. The molecule has 0 fully saturated rings. The number of ether oxygens (including phenoxy) is 1. The van der Waals surface area contributed by atoms with Gasteiger partial charge < -0.3 is 4.74 Å². The summed E-state index contributed by atoms with van der Waals surface area (Å²) in [7, 11) is 0. The number of unbranched alkanes of at least 4 members (excludes halogenated alkanes) is 2. The van der Waals surface area contributed by atoms with Crippen LogP contribution in [0.1, 0.15) is 97.0 Å². The molecular formula is C25H38O2. The summed E-state index contributed by atoms with van der Waals surface area (Å²) in [5, 5.41) is 0. The van der Waals surface area contributed by atoms with Gasteiger partial charge in [-0.1, -0.05) is 71.1 Å². The quantitative estimate of drug-likeness (QED) is 0.228. The Kier molecular flexibility index (Phi) is 9.66. The molecule has 0 saturated carbocycles. The summed E-state index contributed by atoms with van der Waals surface area (Å²) < 4.78 is 5.44. The number of carbonyl (C=O) groups excluding carboxylic acids is 1. The van der Waals surface area contributed by atoms with Crippen molar-refractivity contribution in [1.29, 1.82) is 0 Å². The van der Waals surface area contributed by atoms with E-state index in [-0.39, 0.29) is 5.97 Å². The molecular weight excluding hydrogens is 332 g/mol. The van der Waals surface area contributed by atoms with Gasteiger partial charge in [-0.2, -0.15) is 0 Å². The SMILES string of the molecule is CCCCCC(=O)Oc1ccc(C2=CCC(CCC(CC)CC)CC2)cc1. The minimum atomic E-state index is -0.117. The van der Waals surface area contributed by atoms with E-state index in [0.717, 1.165) is 31.1 Å². The zero-order chi connectivity index (χ0) is 19.5. The summed E-state index contributed by atoms with van der Waals surface area (Å²) in [6, 6.07) is 8.08. The predicted octanol–water partition coefficient (Wildman–Crippen LogP) is 7.57. The van der Waals surface area contributed by atoms with Gasteiger partial charge in [0.1, 0.15) is 5.75 Å². The molecule has 0 aromatic heterocycles. The molecule has 1 aromatic carbocycles. The molecule has 2 nitrogen and oxygen atoms in total. The first kappa shape index (κ1) is 21.7. The van der Waals surface area contributed by atoms with Crippen molar-refractivity contribution >= 4 is 11.5 Å². The van der Waals surface area contributed by atoms with Crippen molar-refractivity contribution < 1.29 is 9.53 Å². The maximum atomic E-state index is 11.8. The van der Waals surface area contributed by atoms with Crippen molar-refractivity contribution in [2.45, 2.75) is 91.4 Å². The molecule has 0 amide bonds. The zero-order valence-electron chi connectivity index (χ0n) is 17.6. The minimum Gasteiger partial charge on any atom is -0.427 e. The van der Waals surface area contributed by atoms with Gasteiger partial charge in [-0.25, -0.2) is 0 Å². The molecule has 27 heavy (non-hydrogen) atoms. The van der Waals surface area contributed by atoms with E-state index in [4.69, 9.17) is 4.74 Å². The van der Waals surface area contributed by atoms with E-state index < -0.39 is 0 Å². The Morgan fingerprint density at radius 2 is 1.85 bits per heavy atom. The highest BCUT2D eigenvalue weighted by atomic mass is 16.5. The number of esters is 1. The van der Waals surface area contributed by atoms with Crippen molar-refractivity contribution in [3.63, 3.8) is 0 Å². The smallest absolute Gasteiger partial charge is 0.311 e. The summed E-state index contributed by atoms with van der Waals surface area (Å²) in [6.45, 7) is 6.78. The van der Waals surface area contributed by atoms with E-state index in [1.165, 1.54) is 56.1 Å². The molecule has 150 valence electrons. The Morgan fingerprint density at radius 3 is 2.44 bits per heavy atom. The van der Waals surface area contributed by atoms with Crippen LogP contribution in [-0.4, -0.2) is 5.97 Å². The summed E-state index contributed by atoms with van der Waals surface area (Å²) in [5.74, 6) is 2.32.